The van der Waals surface area contributed by atoms with E-state index in [4.69, 9.17) is 5.73 Å². The van der Waals surface area contributed by atoms with Gasteiger partial charge in [0.05, 0.1) is 18.8 Å². The van der Waals surface area contributed by atoms with Crippen LogP contribution in [-0.2, 0) is 36.8 Å². The zero-order valence-corrected chi connectivity index (χ0v) is 21.6. The van der Waals surface area contributed by atoms with Crippen molar-refractivity contribution in [3.8, 4) is 5.75 Å². The Morgan fingerprint density at radius 2 is 1.49 bits per heavy atom. The van der Waals surface area contributed by atoms with E-state index >= 15 is 0 Å². The Morgan fingerprint density at radius 3 is 2.03 bits per heavy atom. The molecule has 1 aromatic carbocycles. The second-order valence-corrected chi connectivity index (χ2v) is 9.51. The number of aliphatic carboxylic acids is 2. The van der Waals surface area contributed by atoms with Crippen LogP contribution in [0.3, 0.4) is 0 Å². The number of rotatable bonds is 15. The molecule has 4 atom stereocenters. The number of nitrogens with one attached hydrogen (secondary N) is 4. The molecule has 0 saturated heterocycles. The van der Waals surface area contributed by atoms with Gasteiger partial charge in [-0.05, 0) is 30.0 Å². The summed E-state index contributed by atoms with van der Waals surface area (Å²) in [5.74, 6) is -5.25. The van der Waals surface area contributed by atoms with Gasteiger partial charge in [-0.2, -0.15) is 0 Å². The van der Waals surface area contributed by atoms with E-state index in [2.05, 4.69) is 25.9 Å². The molecule has 212 valence electrons. The number of carboxylic acid groups (broad SMARTS) is 2. The van der Waals surface area contributed by atoms with Crippen molar-refractivity contribution >= 4 is 29.7 Å². The zero-order chi connectivity index (χ0) is 29.1. The number of H-pyrrole nitrogens is 1. The Balaban J connectivity index is 2.19. The number of nitrogens with zero attached hydrogens (tertiary/aromatic N) is 1. The summed E-state index contributed by atoms with van der Waals surface area (Å²) in [5, 5.41) is 35.4. The molecule has 14 nitrogen and oxygen atoms in total. The van der Waals surface area contributed by atoms with Crippen LogP contribution in [0.2, 0.25) is 0 Å². The second kappa shape index (κ2) is 14.5. The molecule has 0 aliphatic rings. The van der Waals surface area contributed by atoms with Crippen LogP contribution in [0.4, 0.5) is 0 Å². The minimum atomic E-state index is -1.65. The first-order chi connectivity index (χ1) is 18.3. The third-order valence-electron chi connectivity index (χ3n) is 5.68. The molecule has 2 aromatic rings. The quantitative estimate of drug-likeness (QED) is 0.140. The summed E-state index contributed by atoms with van der Waals surface area (Å²) in [7, 11) is 0. The molecule has 2 rings (SSSR count). The number of hydrogen-bond donors (Lipinski definition) is 8. The number of aromatic nitrogens is 2. The monoisotopic (exact) mass is 546 g/mol. The summed E-state index contributed by atoms with van der Waals surface area (Å²) in [4.78, 5) is 68.7. The van der Waals surface area contributed by atoms with Crippen molar-refractivity contribution in [1.29, 1.82) is 0 Å². The first-order valence-electron chi connectivity index (χ1n) is 12.2. The molecule has 1 heterocycles. The largest absolute Gasteiger partial charge is 0.508 e. The molecular weight excluding hydrogens is 512 g/mol. The Hall–Kier alpha value is -4.46. The van der Waals surface area contributed by atoms with Crippen molar-refractivity contribution in [2.24, 2.45) is 11.7 Å². The van der Waals surface area contributed by atoms with E-state index in [0.717, 1.165) is 0 Å². The molecule has 14 heteroatoms. The molecule has 1 aromatic heterocycles. The third-order valence-corrected chi connectivity index (χ3v) is 5.68. The third kappa shape index (κ3) is 10.4. The van der Waals surface area contributed by atoms with E-state index in [1.165, 1.54) is 36.8 Å². The summed E-state index contributed by atoms with van der Waals surface area (Å²) in [6.45, 7) is 3.76. The highest BCUT2D eigenvalue weighted by Crippen LogP contribution is 2.12. The fraction of sp³-hybridized carbons (Fsp3) is 0.440. The van der Waals surface area contributed by atoms with Crippen LogP contribution in [0, 0.1) is 5.92 Å². The topological polar surface area (TPSA) is 237 Å². The van der Waals surface area contributed by atoms with E-state index in [1.54, 1.807) is 0 Å². The van der Waals surface area contributed by atoms with E-state index < -0.39 is 60.2 Å². The van der Waals surface area contributed by atoms with Crippen molar-refractivity contribution in [2.45, 2.75) is 63.7 Å². The lowest BCUT2D eigenvalue weighted by atomic mass is 10.0. The SMILES string of the molecule is CC(C)CC(N)C(=O)NC(Cc1cnc[nH]1)C(=O)NC(CC(=O)O)C(=O)NC(Cc1ccc(O)cc1)C(=O)O. The van der Waals surface area contributed by atoms with Gasteiger partial charge in [0.2, 0.25) is 17.7 Å². The number of carboxylic acids is 2. The Kier molecular flexibility index (Phi) is 11.4. The number of phenolic OH excluding ortho intramolecular Hbond substituents is 1. The molecule has 0 aliphatic carbocycles. The standard InChI is InChI=1S/C25H34N6O8/c1-13(2)7-17(26)22(35)29-18(9-15-11-27-12-28-15)23(36)30-19(10-21(33)34)24(37)31-20(25(38)39)8-14-3-5-16(32)6-4-14/h3-6,11-13,17-20,32H,7-10,26H2,1-2H3,(H,27,28)(H,29,35)(H,30,36)(H,31,37)(H,33,34)(H,38,39). The first kappa shape index (κ1) is 30.8. The number of benzene rings is 1. The van der Waals surface area contributed by atoms with E-state index in [0.29, 0.717) is 17.7 Å². The van der Waals surface area contributed by atoms with Crippen LogP contribution in [-0.4, -0.2) is 79.1 Å². The van der Waals surface area contributed by atoms with Crippen LogP contribution < -0.4 is 21.7 Å². The highest BCUT2D eigenvalue weighted by atomic mass is 16.4. The molecule has 4 unspecified atom stereocenters. The van der Waals surface area contributed by atoms with Gasteiger partial charge in [-0.15, -0.1) is 0 Å². The number of phenols is 1. The number of amides is 3. The number of nitrogens with two attached hydrogens (primary N) is 1. The molecule has 3 amide bonds. The number of aromatic amines is 1. The molecule has 9 N–H and O–H groups in total. The highest BCUT2D eigenvalue weighted by Gasteiger charge is 2.32. The van der Waals surface area contributed by atoms with Crippen LogP contribution in [0.15, 0.2) is 36.8 Å². The van der Waals surface area contributed by atoms with Crippen molar-refractivity contribution in [3.05, 3.63) is 48.0 Å². The van der Waals surface area contributed by atoms with Gasteiger partial charge in [0.25, 0.3) is 0 Å². The maximum Gasteiger partial charge on any atom is 0.326 e. The minimum Gasteiger partial charge on any atom is -0.508 e. The lowest BCUT2D eigenvalue weighted by Gasteiger charge is -2.24. The number of aromatic hydroxyl groups is 1. The van der Waals surface area contributed by atoms with Gasteiger partial charge in [0, 0.05) is 24.7 Å². The molecule has 0 spiro atoms. The molecular formula is C25H34N6O8. The number of carbonyl (C=O) groups excluding carboxylic acids is 3. The fourth-order valence-electron chi connectivity index (χ4n) is 3.72. The normalized spacial score (nSPS) is 14.1. The van der Waals surface area contributed by atoms with Gasteiger partial charge in [-0.3, -0.25) is 19.2 Å². The minimum absolute atomic E-state index is 0.0270. The average Bonchev–Trinajstić information content (AvgIpc) is 3.36. The molecule has 0 fully saturated rings. The predicted octanol–water partition coefficient (Wildman–Crippen LogP) is -0.712. The smallest absolute Gasteiger partial charge is 0.326 e. The van der Waals surface area contributed by atoms with Gasteiger partial charge in [-0.1, -0.05) is 26.0 Å². The van der Waals surface area contributed by atoms with Gasteiger partial charge in [-0.25, -0.2) is 9.78 Å². The maximum absolute atomic E-state index is 13.2. The molecule has 39 heavy (non-hydrogen) atoms. The van der Waals surface area contributed by atoms with E-state index in [-0.39, 0.29) is 24.5 Å². The highest BCUT2D eigenvalue weighted by molar-refractivity contribution is 5.95. The summed E-state index contributed by atoms with van der Waals surface area (Å²) >= 11 is 0. The molecule has 0 saturated carbocycles. The summed E-state index contributed by atoms with van der Waals surface area (Å²) in [6.07, 6.45) is 2.08. The van der Waals surface area contributed by atoms with Crippen molar-refractivity contribution in [2.75, 3.05) is 0 Å². The van der Waals surface area contributed by atoms with Gasteiger partial charge >= 0.3 is 11.9 Å². The van der Waals surface area contributed by atoms with Crippen molar-refractivity contribution < 1.29 is 39.3 Å². The Bertz CT molecular complexity index is 1140. The van der Waals surface area contributed by atoms with Gasteiger partial charge in [0.15, 0.2) is 0 Å². The summed E-state index contributed by atoms with van der Waals surface area (Å²) < 4.78 is 0. The predicted molar refractivity (Wildman–Crippen MR) is 137 cm³/mol. The van der Waals surface area contributed by atoms with E-state index in [9.17, 15) is 39.3 Å². The van der Waals surface area contributed by atoms with Crippen LogP contribution >= 0.6 is 0 Å². The second-order valence-electron chi connectivity index (χ2n) is 9.51. The lowest BCUT2D eigenvalue weighted by Crippen LogP contribution is -2.58. The fourth-order valence-corrected chi connectivity index (χ4v) is 3.72. The molecule has 0 bridgehead atoms. The number of hydrogen-bond acceptors (Lipinski definition) is 8. The average molecular weight is 547 g/mol. The zero-order valence-electron chi connectivity index (χ0n) is 21.6. The van der Waals surface area contributed by atoms with Crippen molar-refractivity contribution in [3.63, 3.8) is 0 Å². The van der Waals surface area contributed by atoms with Crippen molar-refractivity contribution in [1.82, 2.24) is 25.9 Å². The van der Waals surface area contributed by atoms with Gasteiger partial charge in [0.1, 0.15) is 23.9 Å². The first-order valence-corrected chi connectivity index (χ1v) is 12.2. The maximum atomic E-state index is 13.2. The molecule has 0 aliphatic heterocycles. The Morgan fingerprint density at radius 1 is 0.897 bits per heavy atom. The van der Waals surface area contributed by atoms with Gasteiger partial charge < -0.3 is 42.0 Å². The number of carbonyl (C=O) groups is 5. The van der Waals surface area contributed by atoms with Crippen LogP contribution in [0.25, 0.3) is 0 Å². The summed E-state index contributed by atoms with van der Waals surface area (Å²) in [6, 6.07) is 0.396. The van der Waals surface area contributed by atoms with Crippen LogP contribution in [0.1, 0.15) is 37.9 Å². The number of imidazole rings is 1. The Labute approximate surface area is 224 Å². The lowest BCUT2D eigenvalue weighted by molar-refractivity contribution is -0.143. The molecule has 0 radical (unpaired) electrons. The van der Waals surface area contributed by atoms with E-state index in [1.807, 2.05) is 13.8 Å². The summed E-state index contributed by atoms with van der Waals surface area (Å²) in [5.41, 5.74) is 6.90. The van der Waals surface area contributed by atoms with Crippen LogP contribution in [0.5, 0.6) is 5.75 Å².